The van der Waals surface area contributed by atoms with Crippen LogP contribution in [0.25, 0.3) is 0 Å². The van der Waals surface area contributed by atoms with Crippen molar-refractivity contribution in [1.82, 2.24) is 0 Å². The van der Waals surface area contributed by atoms with Crippen molar-refractivity contribution in [2.75, 3.05) is 13.2 Å². The Bertz CT molecular complexity index is 875. The van der Waals surface area contributed by atoms with Crippen LogP contribution in [0.1, 0.15) is 27.6 Å². The molecule has 2 aromatic carbocycles. The van der Waals surface area contributed by atoms with Gasteiger partial charge in [-0.25, -0.2) is 9.59 Å². The first-order valence-electron chi connectivity index (χ1n) is 9.72. The highest BCUT2D eigenvalue weighted by Gasteiger charge is 2.32. The van der Waals surface area contributed by atoms with Crippen LogP contribution in [-0.2, 0) is 18.9 Å². The molecule has 0 saturated carbocycles. The van der Waals surface area contributed by atoms with Gasteiger partial charge in [0.1, 0.15) is 12.7 Å². The van der Waals surface area contributed by atoms with Crippen molar-refractivity contribution in [2.45, 2.75) is 25.4 Å². The van der Waals surface area contributed by atoms with Crippen molar-refractivity contribution < 1.29 is 28.5 Å². The predicted molar refractivity (Wildman–Crippen MR) is 111 cm³/mol. The first-order chi connectivity index (χ1) is 14.7. The maximum Gasteiger partial charge on any atom is 0.338 e. The Morgan fingerprint density at radius 1 is 0.933 bits per heavy atom. The molecule has 0 amide bonds. The van der Waals surface area contributed by atoms with E-state index < -0.39 is 30.4 Å². The Morgan fingerprint density at radius 2 is 1.57 bits per heavy atom. The Balaban J connectivity index is 1.66. The summed E-state index contributed by atoms with van der Waals surface area (Å²) in [5.74, 6) is -0.963. The summed E-state index contributed by atoms with van der Waals surface area (Å²) in [6, 6.07) is 17.3. The van der Waals surface area contributed by atoms with Gasteiger partial charge in [0, 0.05) is 0 Å². The largest absolute Gasteiger partial charge is 0.459 e. The van der Waals surface area contributed by atoms with Crippen molar-refractivity contribution in [3.05, 3.63) is 96.1 Å². The van der Waals surface area contributed by atoms with Gasteiger partial charge < -0.3 is 18.9 Å². The fourth-order valence-corrected chi connectivity index (χ4v) is 2.79. The summed E-state index contributed by atoms with van der Waals surface area (Å²) in [6.07, 6.45) is 5.05. The fourth-order valence-electron chi connectivity index (χ4n) is 2.79. The average Bonchev–Trinajstić information content (AvgIpc) is 2.80. The van der Waals surface area contributed by atoms with Crippen LogP contribution in [0.2, 0.25) is 0 Å². The molecule has 0 fully saturated rings. The monoisotopic (exact) mass is 408 g/mol. The topological polar surface area (TPSA) is 71.1 Å². The highest BCUT2D eigenvalue weighted by Crippen LogP contribution is 2.20. The second kappa shape index (κ2) is 11.1. The molecule has 156 valence electrons. The zero-order valence-electron chi connectivity index (χ0n) is 16.7. The zero-order valence-corrected chi connectivity index (χ0v) is 16.7. The third kappa shape index (κ3) is 6.14. The van der Waals surface area contributed by atoms with E-state index in [1.165, 1.54) is 0 Å². The molecule has 3 rings (SSSR count). The Morgan fingerprint density at radius 3 is 2.20 bits per heavy atom. The lowest BCUT2D eigenvalue weighted by Gasteiger charge is -2.31. The number of esters is 2. The average molecular weight is 408 g/mol. The smallest absolute Gasteiger partial charge is 0.338 e. The van der Waals surface area contributed by atoms with Gasteiger partial charge in [0.25, 0.3) is 0 Å². The van der Waals surface area contributed by atoms with Gasteiger partial charge in [-0.15, -0.1) is 0 Å². The van der Waals surface area contributed by atoms with Crippen molar-refractivity contribution in [2.24, 2.45) is 0 Å². The summed E-state index contributed by atoms with van der Waals surface area (Å²) in [5.41, 5.74) is 0.861. The molecule has 0 radical (unpaired) electrons. The summed E-state index contributed by atoms with van der Waals surface area (Å²) in [4.78, 5) is 24.7. The molecule has 3 atom stereocenters. The Labute approximate surface area is 175 Å². The number of carbonyl (C=O) groups is 2. The summed E-state index contributed by atoms with van der Waals surface area (Å²) in [6.45, 7) is 2.18. The second-order valence-electron chi connectivity index (χ2n) is 6.53. The molecule has 6 heteroatoms. The summed E-state index contributed by atoms with van der Waals surface area (Å²) in [7, 11) is 0. The van der Waals surface area contributed by atoms with Gasteiger partial charge in [0.2, 0.25) is 0 Å². The van der Waals surface area contributed by atoms with E-state index in [9.17, 15) is 9.59 Å². The number of benzene rings is 2. The minimum atomic E-state index is -0.720. The Kier molecular flexibility index (Phi) is 7.94. The van der Waals surface area contributed by atoms with Crippen LogP contribution < -0.4 is 0 Å². The molecule has 0 N–H and O–H groups in total. The molecule has 1 unspecified atom stereocenters. The van der Waals surface area contributed by atoms with Crippen LogP contribution >= 0.6 is 0 Å². The number of carbonyl (C=O) groups excluding carboxylic acids is 2. The minimum absolute atomic E-state index is 0.0890. The standard InChI is InChI=1S/C24H24O6/c1-2-3-16-27-22-15-14-20(30-24(26)19-12-8-5-9-13-19)21(29-22)17-28-23(25)18-10-6-4-7-11-18/h2-15,20-22H,16-17H2,1H3/b3-2+/t20-,21+,22?/m0/s1. The number of hydrogen-bond acceptors (Lipinski definition) is 6. The van der Waals surface area contributed by atoms with E-state index in [-0.39, 0.29) is 6.61 Å². The molecule has 1 aliphatic heterocycles. The van der Waals surface area contributed by atoms with Crippen LogP contribution in [-0.4, -0.2) is 43.7 Å². The highest BCUT2D eigenvalue weighted by atomic mass is 16.7. The van der Waals surface area contributed by atoms with E-state index in [0.29, 0.717) is 17.7 Å². The maximum absolute atomic E-state index is 12.5. The van der Waals surface area contributed by atoms with Gasteiger partial charge >= 0.3 is 11.9 Å². The SMILES string of the molecule is C/C=C/COC1C=C[C@H](OC(=O)c2ccccc2)[C@@H](COC(=O)c2ccccc2)O1. The second-order valence-corrected chi connectivity index (χ2v) is 6.53. The van der Waals surface area contributed by atoms with Gasteiger partial charge in [-0.3, -0.25) is 0 Å². The number of rotatable bonds is 8. The molecule has 0 bridgehead atoms. The molecule has 30 heavy (non-hydrogen) atoms. The highest BCUT2D eigenvalue weighted by molar-refractivity contribution is 5.90. The lowest BCUT2D eigenvalue weighted by Crippen LogP contribution is -2.42. The van der Waals surface area contributed by atoms with Crippen molar-refractivity contribution in [3.8, 4) is 0 Å². The van der Waals surface area contributed by atoms with Crippen LogP contribution in [0.5, 0.6) is 0 Å². The minimum Gasteiger partial charge on any atom is -0.459 e. The first-order valence-corrected chi connectivity index (χ1v) is 9.72. The molecular formula is C24H24O6. The zero-order chi connectivity index (χ0) is 21.2. The van der Waals surface area contributed by atoms with Crippen LogP contribution in [0.3, 0.4) is 0 Å². The summed E-state index contributed by atoms with van der Waals surface area (Å²) in [5, 5.41) is 0. The van der Waals surface area contributed by atoms with Crippen LogP contribution in [0.4, 0.5) is 0 Å². The lowest BCUT2D eigenvalue weighted by molar-refractivity contribution is -0.176. The number of hydrogen-bond donors (Lipinski definition) is 0. The molecule has 1 aliphatic rings. The predicted octanol–water partition coefficient (Wildman–Crippen LogP) is 3.94. The molecule has 0 aliphatic carbocycles. The molecule has 0 saturated heterocycles. The molecule has 0 spiro atoms. The van der Waals surface area contributed by atoms with Crippen molar-refractivity contribution in [3.63, 3.8) is 0 Å². The molecule has 6 nitrogen and oxygen atoms in total. The molecule has 2 aromatic rings. The maximum atomic E-state index is 12.5. The van der Waals surface area contributed by atoms with Crippen LogP contribution in [0.15, 0.2) is 85.0 Å². The van der Waals surface area contributed by atoms with E-state index in [1.807, 2.05) is 31.2 Å². The first kappa shape index (κ1) is 21.5. The summed E-state index contributed by atoms with van der Waals surface area (Å²) >= 11 is 0. The quantitative estimate of drug-likeness (QED) is 0.487. The third-order valence-corrected chi connectivity index (χ3v) is 4.37. The molecular weight excluding hydrogens is 384 g/mol. The number of allylic oxidation sites excluding steroid dienone is 1. The lowest BCUT2D eigenvalue weighted by atomic mass is 10.1. The Hall–Kier alpha value is -3.22. The van der Waals surface area contributed by atoms with E-state index in [0.717, 1.165) is 0 Å². The fraction of sp³-hybridized carbons (Fsp3) is 0.250. The van der Waals surface area contributed by atoms with E-state index in [4.69, 9.17) is 18.9 Å². The molecule has 1 heterocycles. The van der Waals surface area contributed by atoms with Gasteiger partial charge in [-0.1, -0.05) is 48.6 Å². The van der Waals surface area contributed by atoms with E-state index >= 15 is 0 Å². The number of ether oxygens (including phenoxy) is 4. The van der Waals surface area contributed by atoms with Gasteiger partial charge in [0.05, 0.1) is 17.7 Å². The van der Waals surface area contributed by atoms with Gasteiger partial charge in [0.15, 0.2) is 12.4 Å². The third-order valence-electron chi connectivity index (χ3n) is 4.37. The summed E-state index contributed by atoms with van der Waals surface area (Å²) < 4.78 is 22.5. The van der Waals surface area contributed by atoms with Gasteiger partial charge in [-0.2, -0.15) is 0 Å². The van der Waals surface area contributed by atoms with Crippen LogP contribution in [0, 0.1) is 0 Å². The normalized spacial score (nSPS) is 20.8. The van der Waals surface area contributed by atoms with Crippen molar-refractivity contribution >= 4 is 11.9 Å². The molecule has 0 aromatic heterocycles. The van der Waals surface area contributed by atoms with Crippen molar-refractivity contribution in [1.29, 1.82) is 0 Å². The van der Waals surface area contributed by atoms with Gasteiger partial charge in [-0.05, 0) is 43.3 Å². The van der Waals surface area contributed by atoms with E-state index in [1.54, 1.807) is 60.7 Å². The van der Waals surface area contributed by atoms with E-state index in [2.05, 4.69) is 0 Å².